The molecular formula is C21H28N4O. The zero-order chi connectivity index (χ0) is 18.3. The molecule has 0 bridgehead atoms. The number of hydrogen-bond acceptors (Lipinski definition) is 5. The lowest BCUT2D eigenvalue weighted by atomic mass is 9.92. The van der Waals surface area contributed by atoms with E-state index in [4.69, 9.17) is 0 Å². The van der Waals surface area contributed by atoms with E-state index in [2.05, 4.69) is 46.1 Å². The number of aromatic nitrogens is 2. The molecule has 138 valence electrons. The number of benzene rings is 1. The van der Waals surface area contributed by atoms with Crippen molar-refractivity contribution in [3.63, 3.8) is 0 Å². The van der Waals surface area contributed by atoms with Crippen LogP contribution in [0.25, 0.3) is 11.3 Å². The highest BCUT2D eigenvalue weighted by Gasteiger charge is 2.38. The van der Waals surface area contributed by atoms with E-state index < -0.39 is 0 Å². The summed E-state index contributed by atoms with van der Waals surface area (Å²) in [4.78, 5) is 4.84. The summed E-state index contributed by atoms with van der Waals surface area (Å²) in [6, 6.07) is 8.54. The van der Waals surface area contributed by atoms with Crippen molar-refractivity contribution in [3.8, 4) is 17.0 Å². The van der Waals surface area contributed by atoms with E-state index in [0.29, 0.717) is 11.8 Å². The monoisotopic (exact) mass is 352 g/mol. The molecule has 0 saturated carbocycles. The Balaban J connectivity index is 1.62. The van der Waals surface area contributed by atoms with Crippen LogP contribution in [0, 0.1) is 12.8 Å². The average Bonchev–Trinajstić information content (AvgIpc) is 3.04. The number of piperidine rings is 1. The summed E-state index contributed by atoms with van der Waals surface area (Å²) in [6.45, 7) is 7.47. The van der Waals surface area contributed by atoms with E-state index in [1.54, 1.807) is 6.07 Å². The van der Waals surface area contributed by atoms with E-state index in [1.807, 2.05) is 13.0 Å². The average molecular weight is 352 g/mol. The minimum Gasteiger partial charge on any atom is -0.507 e. The number of hydrogen-bond donors (Lipinski definition) is 1. The van der Waals surface area contributed by atoms with Crippen LogP contribution in [-0.4, -0.2) is 52.9 Å². The predicted molar refractivity (Wildman–Crippen MR) is 105 cm³/mol. The van der Waals surface area contributed by atoms with Crippen LogP contribution in [0.5, 0.6) is 5.75 Å². The number of likely N-dealkylation sites (N-methyl/N-ethyl adjacent to an activating group) is 1. The van der Waals surface area contributed by atoms with Gasteiger partial charge in [-0.2, -0.15) is 0 Å². The summed E-state index contributed by atoms with van der Waals surface area (Å²) >= 11 is 0. The molecule has 2 atom stereocenters. The Labute approximate surface area is 155 Å². The molecule has 5 heteroatoms. The van der Waals surface area contributed by atoms with Gasteiger partial charge in [0.2, 0.25) is 0 Å². The van der Waals surface area contributed by atoms with Gasteiger partial charge in [-0.25, -0.2) is 0 Å². The summed E-state index contributed by atoms with van der Waals surface area (Å²) in [5.74, 6) is 2.03. The van der Waals surface area contributed by atoms with Gasteiger partial charge in [-0.15, -0.1) is 10.2 Å². The van der Waals surface area contributed by atoms with Crippen LogP contribution in [0.4, 0.5) is 5.82 Å². The number of nitrogens with zero attached hydrogens (tertiary/aromatic N) is 4. The summed E-state index contributed by atoms with van der Waals surface area (Å²) in [5.41, 5.74) is 3.74. The lowest BCUT2D eigenvalue weighted by molar-refractivity contribution is 0.207. The third-order valence-corrected chi connectivity index (χ3v) is 5.99. The number of phenolic OH excluding ortho intramolecular Hbond substituents is 1. The molecule has 1 aromatic carbocycles. The summed E-state index contributed by atoms with van der Waals surface area (Å²) < 4.78 is 0. The van der Waals surface area contributed by atoms with Crippen LogP contribution in [0.3, 0.4) is 0 Å². The fourth-order valence-corrected chi connectivity index (χ4v) is 4.61. The number of anilines is 1. The molecule has 2 saturated heterocycles. The van der Waals surface area contributed by atoms with Crippen molar-refractivity contribution in [1.82, 2.24) is 15.1 Å². The van der Waals surface area contributed by atoms with Crippen molar-refractivity contribution < 1.29 is 5.11 Å². The maximum Gasteiger partial charge on any atom is 0.151 e. The molecule has 2 aromatic rings. The SMILES string of the molecule is CCc1cc(C)cc(O)c1-c1ccc(N2CCC3CCN(C)CC32)nn1. The minimum absolute atomic E-state index is 0.291. The van der Waals surface area contributed by atoms with Gasteiger partial charge in [0.05, 0.1) is 5.69 Å². The lowest BCUT2D eigenvalue weighted by Crippen LogP contribution is -2.47. The Hall–Kier alpha value is -2.14. The van der Waals surface area contributed by atoms with Crippen LogP contribution in [-0.2, 0) is 6.42 Å². The molecule has 5 nitrogen and oxygen atoms in total. The molecule has 2 fully saturated rings. The molecule has 0 spiro atoms. The van der Waals surface area contributed by atoms with Gasteiger partial charge in [0, 0.05) is 24.7 Å². The van der Waals surface area contributed by atoms with Crippen molar-refractivity contribution in [2.75, 3.05) is 31.6 Å². The normalized spacial score (nSPS) is 23.3. The molecule has 0 aliphatic carbocycles. The van der Waals surface area contributed by atoms with Gasteiger partial charge < -0.3 is 14.9 Å². The van der Waals surface area contributed by atoms with Gasteiger partial charge in [0.1, 0.15) is 5.75 Å². The van der Waals surface area contributed by atoms with Gasteiger partial charge in [0.15, 0.2) is 5.82 Å². The second-order valence-corrected chi connectivity index (χ2v) is 7.81. The number of aromatic hydroxyl groups is 1. The Kier molecular flexibility index (Phi) is 4.57. The highest BCUT2D eigenvalue weighted by molar-refractivity contribution is 5.71. The third-order valence-electron chi connectivity index (χ3n) is 5.99. The van der Waals surface area contributed by atoms with E-state index in [0.717, 1.165) is 53.6 Å². The van der Waals surface area contributed by atoms with Gasteiger partial charge in [-0.3, -0.25) is 0 Å². The number of rotatable bonds is 3. The number of phenols is 1. The van der Waals surface area contributed by atoms with Gasteiger partial charge in [-0.1, -0.05) is 13.0 Å². The van der Waals surface area contributed by atoms with Gasteiger partial charge in [-0.05, 0) is 75.0 Å². The van der Waals surface area contributed by atoms with Crippen molar-refractivity contribution in [2.24, 2.45) is 5.92 Å². The first-order valence-electron chi connectivity index (χ1n) is 9.68. The van der Waals surface area contributed by atoms with Crippen LogP contribution < -0.4 is 4.90 Å². The molecule has 0 radical (unpaired) electrons. The molecule has 1 N–H and O–H groups in total. The first-order chi connectivity index (χ1) is 12.6. The van der Waals surface area contributed by atoms with Crippen molar-refractivity contribution in [2.45, 2.75) is 39.2 Å². The fraction of sp³-hybridized carbons (Fsp3) is 0.524. The Morgan fingerprint density at radius 3 is 2.69 bits per heavy atom. The van der Waals surface area contributed by atoms with Crippen molar-refractivity contribution in [3.05, 3.63) is 35.4 Å². The quantitative estimate of drug-likeness (QED) is 0.919. The number of fused-ring (bicyclic) bond motifs is 1. The van der Waals surface area contributed by atoms with Gasteiger partial charge >= 0.3 is 0 Å². The smallest absolute Gasteiger partial charge is 0.151 e. The Bertz CT molecular complexity index is 789. The molecular weight excluding hydrogens is 324 g/mol. The van der Waals surface area contributed by atoms with Crippen LogP contribution >= 0.6 is 0 Å². The van der Waals surface area contributed by atoms with Crippen molar-refractivity contribution >= 4 is 5.82 Å². The summed E-state index contributed by atoms with van der Waals surface area (Å²) in [7, 11) is 2.20. The summed E-state index contributed by atoms with van der Waals surface area (Å²) in [5, 5.41) is 19.5. The molecule has 2 unspecified atom stereocenters. The molecule has 26 heavy (non-hydrogen) atoms. The second kappa shape index (κ2) is 6.88. The van der Waals surface area contributed by atoms with E-state index in [9.17, 15) is 5.11 Å². The maximum atomic E-state index is 10.4. The number of likely N-dealkylation sites (tertiary alicyclic amines) is 1. The molecule has 1 aromatic heterocycles. The fourth-order valence-electron chi connectivity index (χ4n) is 4.61. The largest absolute Gasteiger partial charge is 0.507 e. The highest BCUT2D eigenvalue weighted by Crippen LogP contribution is 2.36. The Morgan fingerprint density at radius 2 is 1.96 bits per heavy atom. The topological polar surface area (TPSA) is 52.5 Å². The molecule has 4 rings (SSSR count). The van der Waals surface area contributed by atoms with Gasteiger partial charge in [0.25, 0.3) is 0 Å². The first kappa shape index (κ1) is 17.3. The first-order valence-corrected chi connectivity index (χ1v) is 9.68. The Morgan fingerprint density at radius 1 is 1.15 bits per heavy atom. The maximum absolute atomic E-state index is 10.4. The van der Waals surface area contributed by atoms with E-state index in [-0.39, 0.29) is 0 Å². The zero-order valence-electron chi connectivity index (χ0n) is 15.9. The molecule has 3 heterocycles. The molecule has 0 amide bonds. The number of aryl methyl sites for hydroxylation is 2. The van der Waals surface area contributed by atoms with Crippen LogP contribution in [0.15, 0.2) is 24.3 Å². The van der Waals surface area contributed by atoms with Crippen LogP contribution in [0.2, 0.25) is 0 Å². The second-order valence-electron chi connectivity index (χ2n) is 7.81. The lowest BCUT2D eigenvalue weighted by Gasteiger charge is -2.36. The third kappa shape index (κ3) is 3.05. The standard InChI is InChI=1S/C21H28N4O/c1-4-15-11-14(2)12-19(26)21(15)17-5-6-20(23-22-17)25-10-8-16-7-9-24(3)13-18(16)25/h5-6,11-12,16,18,26H,4,7-10,13H2,1-3H3. The van der Waals surface area contributed by atoms with E-state index in [1.165, 1.54) is 19.4 Å². The van der Waals surface area contributed by atoms with Crippen LogP contribution in [0.1, 0.15) is 30.9 Å². The zero-order valence-corrected chi connectivity index (χ0v) is 15.9. The highest BCUT2D eigenvalue weighted by atomic mass is 16.3. The minimum atomic E-state index is 0.291. The van der Waals surface area contributed by atoms with E-state index >= 15 is 0 Å². The summed E-state index contributed by atoms with van der Waals surface area (Å²) in [6.07, 6.45) is 3.39. The predicted octanol–water partition coefficient (Wildman–Crippen LogP) is 3.25. The molecule has 2 aliphatic heterocycles. The molecule has 2 aliphatic rings. The van der Waals surface area contributed by atoms with Crippen molar-refractivity contribution in [1.29, 1.82) is 0 Å².